The first-order chi connectivity index (χ1) is 9.13. The Bertz CT molecular complexity index is 598. The SMILES string of the molecule is CCOC(=O)[C@@H](C)Oc1ncnc2cccc(F)c12. The van der Waals surface area contributed by atoms with Gasteiger partial charge >= 0.3 is 5.97 Å². The van der Waals surface area contributed by atoms with Crippen molar-refractivity contribution in [2.75, 3.05) is 6.61 Å². The maximum Gasteiger partial charge on any atom is 0.347 e. The predicted molar refractivity (Wildman–Crippen MR) is 66.2 cm³/mol. The first kappa shape index (κ1) is 13.2. The molecule has 2 aromatic rings. The first-order valence-corrected chi connectivity index (χ1v) is 5.86. The van der Waals surface area contributed by atoms with Gasteiger partial charge in [-0.1, -0.05) is 6.07 Å². The molecule has 5 nitrogen and oxygen atoms in total. The number of halogens is 1. The number of esters is 1. The number of rotatable bonds is 4. The number of hydrogen-bond acceptors (Lipinski definition) is 5. The largest absolute Gasteiger partial charge is 0.463 e. The van der Waals surface area contributed by atoms with Gasteiger partial charge in [-0.05, 0) is 26.0 Å². The number of hydrogen-bond donors (Lipinski definition) is 0. The number of aromatic nitrogens is 2. The lowest BCUT2D eigenvalue weighted by Crippen LogP contribution is -2.26. The molecule has 1 aromatic heterocycles. The second-order valence-electron chi connectivity index (χ2n) is 3.82. The zero-order chi connectivity index (χ0) is 13.8. The van der Waals surface area contributed by atoms with Gasteiger partial charge in [0.25, 0.3) is 0 Å². The highest BCUT2D eigenvalue weighted by Gasteiger charge is 2.19. The molecule has 0 aliphatic carbocycles. The molecule has 0 unspecified atom stereocenters. The fourth-order valence-corrected chi connectivity index (χ4v) is 1.60. The van der Waals surface area contributed by atoms with Crippen molar-refractivity contribution in [2.45, 2.75) is 20.0 Å². The van der Waals surface area contributed by atoms with E-state index in [-0.39, 0.29) is 17.9 Å². The standard InChI is InChI=1S/C13H13FN2O3/c1-3-18-13(17)8(2)19-12-11-9(14)5-4-6-10(11)15-7-16-12/h4-8H,3H2,1-2H3/t8-/m1/s1. The highest BCUT2D eigenvalue weighted by atomic mass is 19.1. The molecular formula is C13H13FN2O3. The Morgan fingerprint density at radius 1 is 1.42 bits per heavy atom. The van der Waals surface area contributed by atoms with Crippen LogP contribution in [-0.4, -0.2) is 28.6 Å². The van der Waals surface area contributed by atoms with Gasteiger partial charge in [0.1, 0.15) is 12.1 Å². The highest BCUT2D eigenvalue weighted by Crippen LogP contribution is 2.24. The van der Waals surface area contributed by atoms with Crippen molar-refractivity contribution in [2.24, 2.45) is 0 Å². The molecule has 0 saturated heterocycles. The van der Waals surface area contributed by atoms with Crippen molar-refractivity contribution < 1.29 is 18.7 Å². The Balaban J connectivity index is 2.33. The molecule has 0 saturated carbocycles. The molecule has 100 valence electrons. The fraction of sp³-hybridized carbons (Fsp3) is 0.308. The van der Waals surface area contributed by atoms with Gasteiger partial charge in [0.2, 0.25) is 5.88 Å². The van der Waals surface area contributed by atoms with Gasteiger partial charge in [-0.2, -0.15) is 0 Å². The maximum absolute atomic E-state index is 13.8. The van der Waals surface area contributed by atoms with Gasteiger partial charge in [-0.3, -0.25) is 0 Å². The van der Waals surface area contributed by atoms with E-state index in [0.29, 0.717) is 5.52 Å². The Hall–Kier alpha value is -2.24. The summed E-state index contributed by atoms with van der Waals surface area (Å²) in [5.74, 6) is -0.988. The summed E-state index contributed by atoms with van der Waals surface area (Å²) < 4.78 is 23.9. The van der Waals surface area contributed by atoms with Crippen molar-refractivity contribution in [3.05, 3.63) is 30.3 Å². The molecule has 0 radical (unpaired) electrons. The normalized spacial score (nSPS) is 12.2. The van der Waals surface area contributed by atoms with Crippen LogP contribution in [0.15, 0.2) is 24.5 Å². The molecule has 0 spiro atoms. The lowest BCUT2D eigenvalue weighted by Gasteiger charge is -2.13. The number of benzene rings is 1. The van der Waals surface area contributed by atoms with E-state index in [0.717, 1.165) is 0 Å². The van der Waals surface area contributed by atoms with Crippen LogP contribution in [0, 0.1) is 5.82 Å². The summed E-state index contributed by atoms with van der Waals surface area (Å²) in [5.41, 5.74) is 0.418. The average molecular weight is 264 g/mol. The van der Waals surface area contributed by atoms with Crippen LogP contribution >= 0.6 is 0 Å². The quantitative estimate of drug-likeness (QED) is 0.791. The van der Waals surface area contributed by atoms with Crippen molar-refractivity contribution in [3.8, 4) is 5.88 Å². The maximum atomic E-state index is 13.8. The van der Waals surface area contributed by atoms with E-state index in [2.05, 4.69) is 9.97 Å². The third-order valence-corrected chi connectivity index (χ3v) is 2.48. The minimum atomic E-state index is -0.863. The number of carbonyl (C=O) groups is 1. The van der Waals surface area contributed by atoms with E-state index >= 15 is 0 Å². The first-order valence-electron chi connectivity index (χ1n) is 5.86. The monoisotopic (exact) mass is 264 g/mol. The average Bonchev–Trinajstić information content (AvgIpc) is 2.39. The van der Waals surface area contributed by atoms with Crippen LogP contribution in [0.25, 0.3) is 10.9 Å². The molecule has 0 aliphatic rings. The van der Waals surface area contributed by atoms with Crippen molar-refractivity contribution in [1.82, 2.24) is 9.97 Å². The Labute approximate surface area is 109 Å². The van der Waals surface area contributed by atoms with E-state index in [1.165, 1.54) is 19.3 Å². The van der Waals surface area contributed by atoms with Crippen LogP contribution in [0.3, 0.4) is 0 Å². The number of carbonyl (C=O) groups excluding carboxylic acids is 1. The molecule has 6 heteroatoms. The van der Waals surface area contributed by atoms with Crippen molar-refractivity contribution in [1.29, 1.82) is 0 Å². The smallest absolute Gasteiger partial charge is 0.347 e. The molecule has 19 heavy (non-hydrogen) atoms. The summed E-state index contributed by atoms with van der Waals surface area (Å²) in [5, 5.41) is 0.154. The molecule has 0 aliphatic heterocycles. The lowest BCUT2D eigenvalue weighted by molar-refractivity contribution is -0.150. The van der Waals surface area contributed by atoms with E-state index in [4.69, 9.17) is 9.47 Å². The van der Waals surface area contributed by atoms with Gasteiger partial charge in [-0.15, -0.1) is 0 Å². The van der Waals surface area contributed by atoms with Gasteiger partial charge in [-0.25, -0.2) is 19.2 Å². The van der Waals surface area contributed by atoms with Gasteiger partial charge in [0.15, 0.2) is 6.10 Å². The Kier molecular flexibility index (Phi) is 3.89. The van der Waals surface area contributed by atoms with E-state index in [9.17, 15) is 9.18 Å². The summed E-state index contributed by atoms with van der Waals surface area (Å²) in [6.45, 7) is 3.47. The number of ether oxygens (including phenoxy) is 2. The molecule has 0 amide bonds. The summed E-state index contributed by atoms with van der Waals surface area (Å²) in [6.07, 6.45) is 0.396. The Morgan fingerprint density at radius 3 is 2.95 bits per heavy atom. The topological polar surface area (TPSA) is 61.3 Å². The van der Waals surface area contributed by atoms with E-state index in [1.54, 1.807) is 19.1 Å². The summed E-state index contributed by atoms with van der Waals surface area (Å²) in [4.78, 5) is 19.3. The molecule has 1 atom stereocenters. The zero-order valence-corrected chi connectivity index (χ0v) is 10.6. The van der Waals surface area contributed by atoms with Gasteiger partial charge in [0, 0.05) is 0 Å². The lowest BCUT2D eigenvalue weighted by atomic mass is 10.2. The highest BCUT2D eigenvalue weighted by molar-refractivity contribution is 5.84. The minimum absolute atomic E-state index is 0.0312. The molecule has 1 aromatic carbocycles. The number of nitrogens with zero attached hydrogens (tertiary/aromatic N) is 2. The van der Waals surface area contributed by atoms with Gasteiger partial charge < -0.3 is 9.47 Å². The minimum Gasteiger partial charge on any atom is -0.463 e. The Morgan fingerprint density at radius 2 is 2.21 bits per heavy atom. The van der Waals surface area contributed by atoms with Crippen LogP contribution in [0.1, 0.15) is 13.8 Å². The molecule has 0 N–H and O–H groups in total. The van der Waals surface area contributed by atoms with Crippen molar-refractivity contribution in [3.63, 3.8) is 0 Å². The molecule has 0 fully saturated rings. The zero-order valence-electron chi connectivity index (χ0n) is 10.6. The second kappa shape index (κ2) is 5.60. The summed E-state index contributed by atoms with van der Waals surface area (Å²) >= 11 is 0. The molecular weight excluding hydrogens is 251 g/mol. The van der Waals surface area contributed by atoms with Crippen molar-refractivity contribution >= 4 is 16.9 Å². The third-order valence-electron chi connectivity index (χ3n) is 2.48. The van der Waals surface area contributed by atoms with Crippen LogP contribution in [-0.2, 0) is 9.53 Å². The second-order valence-corrected chi connectivity index (χ2v) is 3.82. The third kappa shape index (κ3) is 2.78. The van der Waals surface area contributed by atoms with E-state index in [1.807, 2.05) is 0 Å². The predicted octanol–water partition coefficient (Wildman–Crippen LogP) is 2.10. The molecule has 1 heterocycles. The fourth-order valence-electron chi connectivity index (χ4n) is 1.60. The molecule has 0 bridgehead atoms. The molecule has 2 rings (SSSR count). The van der Waals surface area contributed by atoms with Crippen LogP contribution in [0.4, 0.5) is 4.39 Å². The van der Waals surface area contributed by atoms with Gasteiger partial charge in [0.05, 0.1) is 17.5 Å². The number of fused-ring (bicyclic) bond motifs is 1. The summed E-state index contributed by atoms with van der Waals surface area (Å²) in [7, 11) is 0. The van der Waals surface area contributed by atoms with Crippen LogP contribution in [0.5, 0.6) is 5.88 Å². The van der Waals surface area contributed by atoms with Crippen LogP contribution < -0.4 is 4.74 Å². The van der Waals surface area contributed by atoms with Crippen LogP contribution in [0.2, 0.25) is 0 Å². The summed E-state index contributed by atoms with van der Waals surface area (Å²) in [6, 6.07) is 4.47. The van der Waals surface area contributed by atoms with E-state index < -0.39 is 17.9 Å².